The summed E-state index contributed by atoms with van der Waals surface area (Å²) < 4.78 is 0. The average molecular weight is 214 g/mol. The highest BCUT2D eigenvalue weighted by molar-refractivity contribution is 5.79. The van der Waals surface area contributed by atoms with Gasteiger partial charge >= 0.3 is 0 Å². The number of aliphatic hydroxyl groups is 1. The molecule has 0 aromatic rings. The van der Waals surface area contributed by atoms with E-state index in [9.17, 15) is 4.79 Å². The fourth-order valence-electron chi connectivity index (χ4n) is 2.13. The van der Waals surface area contributed by atoms with Gasteiger partial charge in [-0.2, -0.15) is 0 Å². The number of nitrogens with two attached hydrogens (primary N) is 1. The molecule has 1 amide bonds. The van der Waals surface area contributed by atoms with E-state index in [-0.39, 0.29) is 30.5 Å². The number of nitrogens with one attached hydrogen (secondary N) is 1. The molecule has 1 aliphatic rings. The Morgan fingerprint density at radius 3 is 2.87 bits per heavy atom. The quantitative estimate of drug-likeness (QED) is 0.619. The summed E-state index contributed by atoms with van der Waals surface area (Å²) in [6, 6.07) is 0.174. The summed E-state index contributed by atoms with van der Waals surface area (Å²) in [6.07, 6.45) is 4.50. The monoisotopic (exact) mass is 214 g/mol. The molecule has 0 saturated heterocycles. The van der Waals surface area contributed by atoms with Crippen LogP contribution in [0.2, 0.25) is 0 Å². The molecule has 4 heteroatoms. The van der Waals surface area contributed by atoms with Gasteiger partial charge in [-0.3, -0.25) is 4.79 Å². The van der Waals surface area contributed by atoms with Gasteiger partial charge in [0, 0.05) is 18.7 Å². The second kappa shape index (κ2) is 6.08. The van der Waals surface area contributed by atoms with Crippen molar-refractivity contribution in [3.63, 3.8) is 0 Å². The zero-order valence-corrected chi connectivity index (χ0v) is 9.41. The first-order valence-electron chi connectivity index (χ1n) is 5.82. The summed E-state index contributed by atoms with van der Waals surface area (Å²) >= 11 is 0. The molecule has 1 rings (SSSR count). The summed E-state index contributed by atoms with van der Waals surface area (Å²) in [5.41, 5.74) is 5.85. The van der Waals surface area contributed by atoms with Gasteiger partial charge < -0.3 is 16.2 Å². The summed E-state index contributed by atoms with van der Waals surface area (Å²) in [4.78, 5) is 11.8. The first-order chi connectivity index (χ1) is 7.15. The van der Waals surface area contributed by atoms with E-state index in [0.29, 0.717) is 0 Å². The van der Waals surface area contributed by atoms with Crippen LogP contribution < -0.4 is 11.1 Å². The number of carbonyl (C=O) groups is 1. The topological polar surface area (TPSA) is 75.3 Å². The van der Waals surface area contributed by atoms with E-state index in [1.807, 2.05) is 6.92 Å². The SMILES string of the molecule is CC(CCCO)NC(=O)C1CCCC1N. The predicted octanol–water partition coefficient (Wildman–Crippen LogP) is 0.391. The number of hydrogen-bond acceptors (Lipinski definition) is 3. The predicted molar refractivity (Wildman–Crippen MR) is 59.2 cm³/mol. The minimum atomic E-state index is 0.00146. The normalized spacial score (nSPS) is 27.7. The zero-order chi connectivity index (χ0) is 11.3. The lowest BCUT2D eigenvalue weighted by atomic mass is 10.0. The van der Waals surface area contributed by atoms with E-state index in [4.69, 9.17) is 10.8 Å². The van der Waals surface area contributed by atoms with Crippen molar-refractivity contribution in [2.24, 2.45) is 11.7 Å². The Bertz CT molecular complexity index is 209. The van der Waals surface area contributed by atoms with E-state index in [0.717, 1.165) is 32.1 Å². The molecule has 1 saturated carbocycles. The first kappa shape index (κ1) is 12.5. The summed E-state index contributed by atoms with van der Waals surface area (Å²) in [5.74, 6) is 0.0898. The van der Waals surface area contributed by atoms with Crippen molar-refractivity contribution in [1.29, 1.82) is 0 Å². The fraction of sp³-hybridized carbons (Fsp3) is 0.909. The maximum atomic E-state index is 11.8. The maximum Gasteiger partial charge on any atom is 0.224 e. The highest BCUT2D eigenvalue weighted by Crippen LogP contribution is 2.24. The molecule has 1 aliphatic carbocycles. The van der Waals surface area contributed by atoms with Gasteiger partial charge in [0.15, 0.2) is 0 Å². The molecule has 0 bridgehead atoms. The molecule has 1 fully saturated rings. The molecule has 4 N–H and O–H groups in total. The average Bonchev–Trinajstić information content (AvgIpc) is 2.61. The van der Waals surface area contributed by atoms with Gasteiger partial charge in [-0.05, 0) is 32.6 Å². The molecule has 3 unspecified atom stereocenters. The smallest absolute Gasteiger partial charge is 0.224 e. The van der Waals surface area contributed by atoms with E-state index in [2.05, 4.69) is 5.32 Å². The highest BCUT2D eigenvalue weighted by atomic mass is 16.2. The van der Waals surface area contributed by atoms with Crippen LogP contribution in [-0.2, 0) is 4.79 Å². The van der Waals surface area contributed by atoms with Crippen molar-refractivity contribution in [2.75, 3.05) is 6.61 Å². The number of aliphatic hydroxyl groups excluding tert-OH is 1. The van der Waals surface area contributed by atoms with Crippen LogP contribution in [0, 0.1) is 5.92 Å². The second-order valence-corrected chi connectivity index (χ2v) is 4.48. The third kappa shape index (κ3) is 3.80. The molecule has 4 nitrogen and oxygen atoms in total. The first-order valence-corrected chi connectivity index (χ1v) is 5.82. The Morgan fingerprint density at radius 2 is 2.33 bits per heavy atom. The van der Waals surface area contributed by atoms with Crippen LogP contribution in [0.25, 0.3) is 0 Å². The van der Waals surface area contributed by atoms with Crippen molar-refractivity contribution < 1.29 is 9.90 Å². The molecule has 0 heterocycles. The summed E-state index contributed by atoms with van der Waals surface area (Å²) in [6.45, 7) is 2.15. The lowest BCUT2D eigenvalue weighted by Crippen LogP contribution is -2.42. The molecular formula is C11H22N2O2. The number of amides is 1. The molecule has 0 radical (unpaired) electrons. The van der Waals surface area contributed by atoms with Crippen molar-refractivity contribution in [1.82, 2.24) is 5.32 Å². The van der Waals surface area contributed by atoms with Crippen LogP contribution >= 0.6 is 0 Å². The minimum Gasteiger partial charge on any atom is -0.396 e. The zero-order valence-electron chi connectivity index (χ0n) is 9.41. The van der Waals surface area contributed by atoms with Crippen LogP contribution in [0.3, 0.4) is 0 Å². The van der Waals surface area contributed by atoms with Gasteiger partial charge in [0.05, 0.1) is 5.92 Å². The van der Waals surface area contributed by atoms with E-state index >= 15 is 0 Å². The molecule has 15 heavy (non-hydrogen) atoms. The van der Waals surface area contributed by atoms with Crippen molar-refractivity contribution in [3.05, 3.63) is 0 Å². The van der Waals surface area contributed by atoms with Gasteiger partial charge in [0.25, 0.3) is 0 Å². The van der Waals surface area contributed by atoms with Crippen LogP contribution in [0.5, 0.6) is 0 Å². The van der Waals surface area contributed by atoms with Gasteiger partial charge in [-0.25, -0.2) is 0 Å². The van der Waals surface area contributed by atoms with Crippen molar-refractivity contribution in [3.8, 4) is 0 Å². The van der Waals surface area contributed by atoms with Crippen LogP contribution in [0.1, 0.15) is 39.0 Å². The molecule has 0 aliphatic heterocycles. The Kier molecular flexibility index (Phi) is 5.05. The van der Waals surface area contributed by atoms with Crippen molar-refractivity contribution >= 4 is 5.91 Å². The van der Waals surface area contributed by atoms with Gasteiger partial charge in [-0.15, -0.1) is 0 Å². The third-order valence-corrected chi connectivity index (χ3v) is 3.09. The summed E-state index contributed by atoms with van der Waals surface area (Å²) in [5, 5.41) is 11.6. The third-order valence-electron chi connectivity index (χ3n) is 3.09. The Labute approximate surface area is 91.2 Å². The molecule has 0 aromatic heterocycles. The molecule has 88 valence electrons. The maximum absolute atomic E-state index is 11.8. The largest absolute Gasteiger partial charge is 0.396 e. The summed E-state index contributed by atoms with van der Waals surface area (Å²) in [7, 11) is 0. The number of hydrogen-bond donors (Lipinski definition) is 3. The van der Waals surface area contributed by atoms with E-state index in [1.165, 1.54) is 0 Å². The van der Waals surface area contributed by atoms with E-state index in [1.54, 1.807) is 0 Å². The Balaban J connectivity index is 2.28. The van der Waals surface area contributed by atoms with Crippen LogP contribution in [-0.4, -0.2) is 29.7 Å². The lowest BCUT2D eigenvalue weighted by Gasteiger charge is -2.19. The number of rotatable bonds is 5. The minimum absolute atomic E-state index is 0.00146. The molecule has 3 atom stereocenters. The second-order valence-electron chi connectivity index (χ2n) is 4.48. The van der Waals surface area contributed by atoms with Gasteiger partial charge in [0.2, 0.25) is 5.91 Å². The standard InChI is InChI=1S/C11H22N2O2/c1-8(4-3-7-14)13-11(15)9-5-2-6-10(9)12/h8-10,14H,2-7,12H2,1H3,(H,13,15). The Hall–Kier alpha value is -0.610. The molecular weight excluding hydrogens is 192 g/mol. The number of carbonyl (C=O) groups excluding carboxylic acids is 1. The Morgan fingerprint density at radius 1 is 1.60 bits per heavy atom. The van der Waals surface area contributed by atoms with Crippen molar-refractivity contribution in [2.45, 2.75) is 51.1 Å². The van der Waals surface area contributed by atoms with E-state index < -0.39 is 0 Å². The molecule has 0 aromatic carbocycles. The highest BCUT2D eigenvalue weighted by Gasteiger charge is 2.30. The van der Waals surface area contributed by atoms with Crippen LogP contribution in [0.4, 0.5) is 0 Å². The lowest BCUT2D eigenvalue weighted by molar-refractivity contribution is -0.125. The van der Waals surface area contributed by atoms with Gasteiger partial charge in [-0.1, -0.05) is 6.42 Å². The fourth-order valence-corrected chi connectivity index (χ4v) is 2.13. The molecule has 0 spiro atoms. The van der Waals surface area contributed by atoms with Crippen LogP contribution in [0.15, 0.2) is 0 Å². The van der Waals surface area contributed by atoms with Gasteiger partial charge in [0.1, 0.15) is 0 Å².